The molecule has 0 aliphatic rings. The zero-order valence-corrected chi connectivity index (χ0v) is 38.9. The molecule has 0 saturated heterocycles. The van der Waals surface area contributed by atoms with Crippen molar-refractivity contribution in [2.45, 2.75) is 180 Å². The second-order valence-electron chi connectivity index (χ2n) is 16.4. The van der Waals surface area contributed by atoms with Crippen LogP contribution in [0.25, 0.3) is 0 Å². The SMILES string of the molecule is CC/C=C\C/C=C\C/C=C\C/C=C\C/C=C\C/C=C\CCCCCCC(=O)OC(COCCCCCCCCCCCCCCC)COP(=O)(O)OCC[N+](C)(C)C. The summed E-state index contributed by atoms with van der Waals surface area (Å²) in [4.78, 5) is 22.9. The van der Waals surface area contributed by atoms with Crippen LogP contribution in [0.4, 0.5) is 0 Å². The number of quaternary nitrogens is 1. The first kappa shape index (κ1) is 55.9. The van der Waals surface area contributed by atoms with Crippen LogP contribution in [0.3, 0.4) is 0 Å². The molecule has 0 aliphatic heterocycles. The van der Waals surface area contributed by atoms with E-state index in [9.17, 15) is 14.3 Å². The largest absolute Gasteiger partial charge is 0.472 e. The maximum Gasteiger partial charge on any atom is 0.472 e. The molecule has 336 valence electrons. The number of carbonyl (C=O) groups is 1. The second kappa shape index (κ2) is 41.7. The highest BCUT2D eigenvalue weighted by Gasteiger charge is 2.26. The van der Waals surface area contributed by atoms with Crippen LogP contribution in [0.1, 0.15) is 174 Å². The second-order valence-corrected chi connectivity index (χ2v) is 17.9. The van der Waals surface area contributed by atoms with Gasteiger partial charge in [0.15, 0.2) is 0 Å². The molecule has 0 spiro atoms. The van der Waals surface area contributed by atoms with Crippen LogP contribution in [0.15, 0.2) is 72.9 Å². The van der Waals surface area contributed by atoms with E-state index in [-0.39, 0.29) is 25.8 Å². The van der Waals surface area contributed by atoms with E-state index < -0.39 is 13.9 Å². The lowest BCUT2D eigenvalue weighted by Crippen LogP contribution is -2.37. The van der Waals surface area contributed by atoms with E-state index in [1.807, 2.05) is 21.1 Å². The predicted molar refractivity (Wildman–Crippen MR) is 247 cm³/mol. The van der Waals surface area contributed by atoms with E-state index in [1.165, 1.54) is 70.6 Å². The summed E-state index contributed by atoms with van der Waals surface area (Å²) < 4.78 is 35.0. The number of phosphoric acid groups is 1. The Morgan fingerprint density at radius 1 is 0.552 bits per heavy atom. The average molecular weight is 835 g/mol. The molecule has 0 aromatic carbocycles. The van der Waals surface area contributed by atoms with Crippen molar-refractivity contribution >= 4 is 13.8 Å². The number of hydrogen-bond acceptors (Lipinski definition) is 6. The molecular formula is C49H89NO7P+. The first-order chi connectivity index (χ1) is 28.1. The van der Waals surface area contributed by atoms with Gasteiger partial charge in [-0.3, -0.25) is 13.8 Å². The van der Waals surface area contributed by atoms with Crippen molar-refractivity contribution in [1.82, 2.24) is 0 Å². The van der Waals surface area contributed by atoms with Crippen molar-refractivity contribution < 1.29 is 37.3 Å². The summed E-state index contributed by atoms with van der Waals surface area (Å²) in [6.07, 6.45) is 53.6. The van der Waals surface area contributed by atoms with Crippen LogP contribution < -0.4 is 0 Å². The zero-order chi connectivity index (χ0) is 42.7. The summed E-state index contributed by atoms with van der Waals surface area (Å²) in [5, 5.41) is 0. The number of hydrogen-bond donors (Lipinski definition) is 1. The lowest BCUT2D eigenvalue weighted by molar-refractivity contribution is -0.870. The molecule has 8 nitrogen and oxygen atoms in total. The quantitative estimate of drug-likeness (QED) is 0.0215. The van der Waals surface area contributed by atoms with Crippen molar-refractivity contribution in [2.75, 3.05) is 54.1 Å². The standard InChI is InChI=1S/C49H88NO7P/c1-6-8-10-12-14-16-18-20-21-22-23-24-25-26-27-28-29-30-32-34-36-38-40-42-49(51)57-48(47-56-58(52,53)55-45-43-50(3,4)5)46-54-44-41-39-37-35-33-31-19-17-15-13-11-9-7-2/h8,10,14,16,20-21,23-24,26-27,29-30,48H,6-7,9,11-13,15,17-19,22,25,28,31-47H2,1-5H3/p+1/b10-8-,16-14-,21-20-,24-23-,27-26-,30-29-. The third-order valence-corrected chi connectivity index (χ3v) is 10.5. The molecule has 0 rings (SSSR count). The molecule has 2 unspecified atom stereocenters. The number of nitrogens with zero attached hydrogens (tertiary/aromatic N) is 1. The van der Waals surface area contributed by atoms with E-state index in [2.05, 4.69) is 86.8 Å². The lowest BCUT2D eigenvalue weighted by atomic mass is 10.0. The van der Waals surface area contributed by atoms with E-state index in [0.29, 0.717) is 24.1 Å². The number of phosphoric ester groups is 1. The Labute approximate surface area is 357 Å². The van der Waals surface area contributed by atoms with Gasteiger partial charge in [0.25, 0.3) is 0 Å². The van der Waals surface area contributed by atoms with E-state index >= 15 is 0 Å². The number of unbranched alkanes of at least 4 members (excludes halogenated alkanes) is 16. The van der Waals surface area contributed by atoms with E-state index in [0.717, 1.165) is 83.5 Å². The van der Waals surface area contributed by atoms with Crippen LogP contribution >= 0.6 is 7.82 Å². The molecule has 0 heterocycles. The maximum absolute atomic E-state index is 12.7. The molecule has 0 aliphatic carbocycles. The molecular weight excluding hydrogens is 746 g/mol. The van der Waals surface area contributed by atoms with Crippen molar-refractivity contribution in [3.05, 3.63) is 72.9 Å². The van der Waals surface area contributed by atoms with Gasteiger partial charge in [0.1, 0.15) is 19.3 Å². The monoisotopic (exact) mass is 835 g/mol. The first-order valence-corrected chi connectivity index (χ1v) is 24.7. The highest BCUT2D eigenvalue weighted by Crippen LogP contribution is 2.43. The van der Waals surface area contributed by atoms with Gasteiger partial charge >= 0.3 is 13.8 Å². The Bertz CT molecular complexity index is 1150. The predicted octanol–water partition coefficient (Wildman–Crippen LogP) is 13.9. The molecule has 0 amide bonds. The van der Waals surface area contributed by atoms with Crippen LogP contribution in [0, 0.1) is 0 Å². The topological polar surface area (TPSA) is 91.3 Å². The highest BCUT2D eigenvalue weighted by atomic mass is 31.2. The number of ether oxygens (including phenoxy) is 2. The molecule has 9 heteroatoms. The van der Waals surface area contributed by atoms with E-state index in [1.54, 1.807) is 0 Å². The lowest BCUT2D eigenvalue weighted by Gasteiger charge is -2.24. The smallest absolute Gasteiger partial charge is 0.457 e. The fourth-order valence-electron chi connectivity index (χ4n) is 5.97. The van der Waals surface area contributed by atoms with Crippen molar-refractivity contribution in [3.8, 4) is 0 Å². The normalized spacial score (nSPS) is 14.4. The van der Waals surface area contributed by atoms with Crippen LogP contribution in [-0.2, 0) is 27.9 Å². The molecule has 58 heavy (non-hydrogen) atoms. The van der Waals surface area contributed by atoms with Gasteiger partial charge in [-0.2, -0.15) is 0 Å². The minimum absolute atomic E-state index is 0.0807. The number of rotatable bonds is 42. The molecule has 0 saturated carbocycles. The summed E-state index contributed by atoms with van der Waals surface area (Å²) >= 11 is 0. The highest BCUT2D eigenvalue weighted by molar-refractivity contribution is 7.47. The summed E-state index contributed by atoms with van der Waals surface area (Å²) in [6, 6.07) is 0. The molecule has 2 atom stereocenters. The van der Waals surface area contributed by atoms with Crippen LogP contribution in [0.2, 0.25) is 0 Å². The Hall–Kier alpha value is -2.06. The minimum Gasteiger partial charge on any atom is -0.457 e. The van der Waals surface area contributed by atoms with Gasteiger partial charge in [-0.1, -0.05) is 177 Å². The fourth-order valence-corrected chi connectivity index (χ4v) is 6.71. The zero-order valence-electron chi connectivity index (χ0n) is 38.0. The molecule has 0 aromatic heterocycles. The summed E-state index contributed by atoms with van der Waals surface area (Å²) in [5.41, 5.74) is 0. The Morgan fingerprint density at radius 3 is 1.50 bits per heavy atom. The minimum atomic E-state index is -4.28. The third-order valence-electron chi connectivity index (χ3n) is 9.53. The Morgan fingerprint density at radius 2 is 1.00 bits per heavy atom. The summed E-state index contributed by atoms with van der Waals surface area (Å²) in [7, 11) is 1.64. The fraction of sp³-hybridized carbons (Fsp3) is 0.735. The molecule has 0 bridgehead atoms. The maximum atomic E-state index is 12.7. The molecule has 1 N–H and O–H groups in total. The molecule has 0 fully saturated rings. The van der Waals surface area contributed by atoms with Gasteiger partial charge in [-0.25, -0.2) is 4.57 Å². The van der Waals surface area contributed by atoms with Gasteiger partial charge in [0.05, 0.1) is 34.4 Å². The molecule has 0 aromatic rings. The summed E-state index contributed by atoms with van der Waals surface area (Å²) in [6.45, 7) is 5.47. The van der Waals surface area contributed by atoms with Crippen molar-refractivity contribution in [2.24, 2.45) is 0 Å². The number of allylic oxidation sites excluding steroid dienone is 12. The number of likely N-dealkylation sites (N-methyl/N-ethyl adjacent to an activating group) is 1. The number of esters is 1. The van der Waals surface area contributed by atoms with Gasteiger partial charge < -0.3 is 18.9 Å². The first-order valence-electron chi connectivity index (χ1n) is 23.2. The summed E-state index contributed by atoms with van der Waals surface area (Å²) in [5.74, 6) is -0.339. The van der Waals surface area contributed by atoms with Gasteiger partial charge in [0.2, 0.25) is 0 Å². The van der Waals surface area contributed by atoms with Crippen LogP contribution in [0.5, 0.6) is 0 Å². The molecule has 0 radical (unpaired) electrons. The Balaban J connectivity index is 4.26. The van der Waals surface area contributed by atoms with E-state index in [4.69, 9.17) is 18.5 Å². The third kappa shape index (κ3) is 45.0. The number of carbonyl (C=O) groups excluding carboxylic acids is 1. The van der Waals surface area contributed by atoms with Gasteiger partial charge in [0, 0.05) is 13.0 Å². The van der Waals surface area contributed by atoms with Crippen molar-refractivity contribution in [1.29, 1.82) is 0 Å². The van der Waals surface area contributed by atoms with Crippen molar-refractivity contribution in [3.63, 3.8) is 0 Å². The Kier molecular flexibility index (Phi) is 40.2. The van der Waals surface area contributed by atoms with Gasteiger partial charge in [-0.05, 0) is 64.2 Å². The average Bonchev–Trinajstić information content (AvgIpc) is 3.18. The van der Waals surface area contributed by atoms with Crippen LogP contribution in [-0.4, -0.2) is 75.6 Å². The van der Waals surface area contributed by atoms with Gasteiger partial charge in [-0.15, -0.1) is 0 Å².